The number of hydrogen-bond donors (Lipinski definition) is 1. The lowest BCUT2D eigenvalue weighted by Gasteiger charge is -2.04. The summed E-state index contributed by atoms with van der Waals surface area (Å²) in [7, 11) is 0. The Morgan fingerprint density at radius 3 is 2.64 bits per heavy atom. The highest BCUT2D eigenvalue weighted by Gasteiger charge is 2.01. The molecule has 1 radical (unpaired) electrons. The van der Waals surface area contributed by atoms with Crippen molar-refractivity contribution in [2.45, 2.75) is 51.6 Å². The molecule has 0 saturated heterocycles. The van der Waals surface area contributed by atoms with E-state index in [4.69, 9.17) is 5.11 Å². The molecule has 0 rings (SSSR count). The molecule has 1 unspecified atom stereocenters. The Kier molecular flexibility index (Phi) is 7.47. The quantitative estimate of drug-likeness (QED) is 0.572. The zero-order chi connectivity index (χ0) is 8.53. The van der Waals surface area contributed by atoms with Crippen molar-refractivity contribution >= 4 is 6.29 Å². The van der Waals surface area contributed by atoms with Crippen LogP contribution in [0.15, 0.2) is 0 Å². The summed E-state index contributed by atoms with van der Waals surface area (Å²) < 4.78 is 0. The van der Waals surface area contributed by atoms with E-state index in [0.717, 1.165) is 19.3 Å². The fourth-order valence-corrected chi connectivity index (χ4v) is 1.00. The molecule has 0 amide bonds. The number of rotatable bonds is 7. The van der Waals surface area contributed by atoms with Crippen LogP contribution in [0, 0.1) is 0 Å². The van der Waals surface area contributed by atoms with Crippen LogP contribution >= 0.6 is 0 Å². The summed E-state index contributed by atoms with van der Waals surface area (Å²) in [4.78, 5) is 9.82. The highest BCUT2D eigenvalue weighted by Crippen LogP contribution is 2.06. The van der Waals surface area contributed by atoms with Crippen LogP contribution in [-0.2, 0) is 4.79 Å². The van der Waals surface area contributed by atoms with Gasteiger partial charge in [-0.25, -0.2) is 0 Å². The summed E-state index contributed by atoms with van der Waals surface area (Å²) in [5, 5.41) is 9.09. The predicted octanol–water partition coefficient (Wildman–Crippen LogP) is 1.82. The van der Waals surface area contributed by atoms with Crippen molar-refractivity contribution in [3.05, 3.63) is 0 Å². The van der Waals surface area contributed by atoms with Gasteiger partial charge in [-0.2, -0.15) is 0 Å². The van der Waals surface area contributed by atoms with Gasteiger partial charge in [-0.3, -0.25) is 4.79 Å². The second-order valence-electron chi connectivity index (χ2n) is 2.85. The molecule has 0 fully saturated rings. The van der Waals surface area contributed by atoms with E-state index in [-0.39, 0.29) is 6.42 Å². The lowest BCUT2D eigenvalue weighted by atomic mass is 10.1. The average molecular weight is 157 g/mol. The predicted molar refractivity (Wildman–Crippen MR) is 45.1 cm³/mol. The Morgan fingerprint density at radius 2 is 2.09 bits per heavy atom. The molecule has 0 saturated carbocycles. The first kappa shape index (κ1) is 10.6. The summed E-state index contributed by atoms with van der Waals surface area (Å²) in [6.45, 7) is 2.15. The fraction of sp³-hybridized carbons (Fsp3) is 0.889. The smallest absolute Gasteiger partial charge is 0.201 e. The molecule has 11 heavy (non-hydrogen) atoms. The van der Waals surface area contributed by atoms with Gasteiger partial charge in [-0.1, -0.05) is 32.6 Å². The molecule has 0 aromatic heterocycles. The Balaban J connectivity index is 3.03. The number of unbranched alkanes of at least 4 members (excludes halogenated alkanes) is 3. The standard InChI is InChI=1S/C9H17O2/c1-2-3-4-5-6-9(11)7-8-10/h9,11H,2-7H2,1H3. The van der Waals surface area contributed by atoms with Crippen molar-refractivity contribution in [2.24, 2.45) is 0 Å². The number of aliphatic hydroxyl groups is 1. The average Bonchev–Trinajstić information content (AvgIpc) is 1.99. The summed E-state index contributed by atoms with van der Waals surface area (Å²) in [5.74, 6) is 0. The van der Waals surface area contributed by atoms with Gasteiger partial charge < -0.3 is 5.11 Å². The molecule has 0 spiro atoms. The zero-order valence-corrected chi connectivity index (χ0v) is 7.18. The number of hydrogen-bond acceptors (Lipinski definition) is 2. The number of aliphatic hydroxyl groups excluding tert-OH is 1. The largest absolute Gasteiger partial charge is 0.393 e. The van der Waals surface area contributed by atoms with E-state index in [0.29, 0.717) is 0 Å². The minimum absolute atomic E-state index is 0.173. The van der Waals surface area contributed by atoms with Crippen molar-refractivity contribution < 1.29 is 9.90 Å². The molecule has 0 aliphatic rings. The van der Waals surface area contributed by atoms with Crippen molar-refractivity contribution in [1.82, 2.24) is 0 Å². The second kappa shape index (κ2) is 7.73. The van der Waals surface area contributed by atoms with E-state index >= 15 is 0 Å². The normalized spacial score (nSPS) is 12.9. The molecular formula is C9H17O2. The van der Waals surface area contributed by atoms with Crippen LogP contribution in [0.3, 0.4) is 0 Å². The first-order chi connectivity index (χ1) is 5.31. The van der Waals surface area contributed by atoms with Crippen LogP contribution in [0.1, 0.15) is 45.4 Å². The zero-order valence-electron chi connectivity index (χ0n) is 7.18. The topological polar surface area (TPSA) is 37.3 Å². The lowest BCUT2D eigenvalue weighted by Crippen LogP contribution is -2.06. The second-order valence-corrected chi connectivity index (χ2v) is 2.85. The molecule has 0 aromatic rings. The van der Waals surface area contributed by atoms with E-state index in [1.165, 1.54) is 12.8 Å². The first-order valence-electron chi connectivity index (χ1n) is 4.34. The van der Waals surface area contributed by atoms with E-state index < -0.39 is 6.10 Å². The van der Waals surface area contributed by atoms with Gasteiger partial charge in [0.05, 0.1) is 6.10 Å². The maximum Gasteiger partial charge on any atom is 0.201 e. The summed E-state index contributed by atoms with van der Waals surface area (Å²) in [6.07, 6.45) is 6.78. The van der Waals surface area contributed by atoms with Gasteiger partial charge in [-0.05, 0) is 6.42 Å². The van der Waals surface area contributed by atoms with Crippen LogP contribution in [0.2, 0.25) is 0 Å². The molecule has 2 nitrogen and oxygen atoms in total. The van der Waals surface area contributed by atoms with E-state index in [1.54, 1.807) is 6.29 Å². The van der Waals surface area contributed by atoms with Crippen LogP contribution in [0.5, 0.6) is 0 Å². The molecule has 1 N–H and O–H groups in total. The van der Waals surface area contributed by atoms with Crippen molar-refractivity contribution in [3.8, 4) is 0 Å². The summed E-state index contributed by atoms with van der Waals surface area (Å²) in [6, 6.07) is 0. The molecule has 0 aliphatic heterocycles. The molecule has 0 bridgehead atoms. The van der Waals surface area contributed by atoms with E-state index in [9.17, 15) is 4.79 Å². The monoisotopic (exact) mass is 157 g/mol. The molecule has 0 aliphatic carbocycles. The summed E-state index contributed by atoms with van der Waals surface area (Å²) >= 11 is 0. The van der Waals surface area contributed by atoms with Gasteiger partial charge in [-0.15, -0.1) is 0 Å². The SMILES string of the molecule is CCCCCCC(O)C[C]=O. The molecule has 1 atom stereocenters. The van der Waals surface area contributed by atoms with Gasteiger partial charge in [0, 0.05) is 6.42 Å². The highest BCUT2D eigenvalue weighted by atomic mass is 16.3. The van der Waals surface area contributed by atoms with Gasteiger partial charge in [0.2, 0.25) is 6.29 Å². The molecular weight excluding hydrogens is 140 g/mol. The van der Waals surface area contributed by atoms with Gasteiger partial charge >= 0.3 is 0 Å². The van der Waals surface area contributed by atoms with Crippen LogP contribution in [-0.4, -0.2) is 17.5 Å². The fourth-order valence-electron chi connectivity index (χ4n) is 1.00. The maximum absolute atomic E-state index is 9.82. The van der Waals surface area contributed by atoms with Crippen molar-refractivity contribution in [3.63, 3.8) is 0 Å². The Bertz CT molecular complexity index is 91.6. The van der Waals surface area contributed by atoms with Gasteiger partial charge in [0.25, 0.3) is 0 Å². The van der Waals surface area contributed by atoms with Crippen LogP contribution < -0.4 is 0 Å². The maximum atomic E-state index is 9.82. The third kappa shape index (κ3) is 7.53. The Hall–Kier alpha value is -0.370. The minimum Gasteiger partial charge on any atom is -0.393 e. The third-order valence-corrected chi connectivity index (χ3v) is 1.71. The van der Waals surface area contributed by atoms with Gasteiger partial charge in [0.1, 0.15) is 0 Å². The Morgan fingerprint density at radius 1 is 1.36 bits per heavy atom. The van der Waals surface area contributed by atoms with E-state index in [2.05, 4.69) is 6.92 Å². The van der Waals surface area contributed by atoms with Crippen molar-refractivity contribution in [2.75, 3.05) is 0 Å². The van der Waals surface area contributed by atoms with Crippen LogP contribution in [0.4, 0.5) is 0 Å². The Labute approximate surface area is 68.6 Å². The molecule has 0 heterocycles. The third-order valence-electron chi connectivity index (χ3n) is 1.71. The lowest BCUT2D eigenvalue weighted by molar-refractivity contribution is 0.167. The van der Waals surface area contributed by atoms with Crippen LogP contribution in [0.25, 0.3) is 0 Å². The molecule has 2 heteroatoms. The molecule has 65 valence electrons. The van der Waals surface area contributed by atoms with E-state index in [1.807, 2.05) is 0 Å². The van der Waals surface area contributed by atoms with Crippen molar-refractivity contribution in [1.29, 1.82) is 0 Å². The highest BCUT2D eigenvalue weighted by molar-refractivity contribution is 5.51. The first-order valence-corrected chi connectivity index (χ1v) is 4.34. The van der Waals surface area contributed by atoms with Gasteiger partial charge in [0.15, 0.2) is 0 Å². The molecule has 0 aromatic carbocycles. The minimum atomic E-state index is -0.454. The summed E-state index contributed by atoms with van der Waals surface area (Å²) in [5.41, 5.74) is 0. The number of carbonyl (C=O) groups excluding carboxylic acids is 1.